The van der Waals surface area contributed by atoms with Crippen LogP contribution in [0.15, 0.2) is 16.5 Å². The molecular weight excluding hydrogens is 318 g/mol. The first-order valence-corrected chi connectivity index (χ1v) is 8.42. The van der Waals surface area contributed by atoms with Crippen molar-refractivity contribution in [2.24, 2.45) is 0 Å². The summed E-state index contributed by atoms with van der Waals surface area (Å²) in [4.78, 5) is 31.1. The first-order chi connectivity index (χ1) is 11.8. The number of aryl methyl sites for hydroxylation is 5. The number of amides is 2. The Bertz CT molecular complexity index is 831. The molecule has 0 saturated carbocycles. The summed E-state index contributed by atoms with van der Waals surface area (Å²) in [7, 11) is 0. The van der Waals surface area contributed by atoms with Crippen molar-refractivity contribution in [1.82, 2.24) is 10.3 Å². The molecule has 1 aliphatic rings. The fraction of sp³-hybridized carbons (Fsp3) is 0.421. The van der Waals surface area contributed by atoms with E-state index in [0.717, 1.165) is 16.8 Å². The number of hydrogen-bond acceptors (Lipinski definition) is 4. The van der Waals surface area contributed by atoms with Gasteiger partial charge in [-0.05, 0) is 45.2 Å². The summed E-state index contributed by atoms with van der Waals surface area (Å²) in [5.74, 6) is 0.132. The summed E-state index contributed by atoms with van der Waals surface area (Å²) in [6.07, 6.45) is 0.573. The van der Waals surface area contributed by atoms with Crippen LogP contribution in [0.2, 0.25) is 0 Å². The molecule has 132 valence electrons. The third kappa shape index (κ3) is 3.16. The molecular formula is C19H23N3O3. The van der Waals surface area contributed by atoms with Crippen LogP contribution in [0.5, 0.6) is 0 Å². The average molecular weight is 341 g/mol. The van der Waals surface area contributed by atoms with Crippen molar-refractivity contribution < 1.29 is 14.0 Å². The highest BCUT2D eigenvalue weighted by Crippen LogP contribution is 2.30. The van der Waals surface area contributed by atoms with E-state index in [2.05, 4.69) is 22.4 Å². The van der Waals surface area contributed by atoms with Crippen molar-refractivity contribution in [3.8, 4) is 0 Å². The predicted octanol–water partition coefficient (Wildman–Crippen LogP) is 2.75. The Balaban J connectivity index is 1.79. The van der Waals surface area contributed by atoms with E-state index in [1.807, 2.05) is 20.8 Å². The molecule has 1 atom stereocenters. The van der Waals surface area contributed by atoms with Gasteiger partial charge in [0.1, 0.15) is 6.04 Å². The molecule has 1 fully saturated rings. The molecule has 0 bridgehead atoms. The van der Waals surface area contributed by atoms with Gasteiger partial charge in [0.25, 0.3) is 5.91 Å². The van der Waals surface area contributed by atoms with E-state index < -0.39 is 11.9 Å². The standard InChI is InChI=1S/C19H23N3O3/c1-10-8-11(2)16(12(3)9-10)22-7-6-15(19(22)24)21-18(23)17-13(4)20-14(5)25-17/h8-9,15H,6-7H2,1-5H3,(H,21,23)/t15-/m1/s1. The van der Waals surface area contributed by atoms with Crippen LogP contribution in [0.4, 0.5) is 5.69 Å². The van der Waals surface area contributed by atoms with Gasteiger partial charge in [-0.3, -0.25) is 9.59 Å². The van der Waals surface area contributed by atoms with Crippen molar-refractivity contribution in [3.05, 3.63) is 46.2 Å². The Kier molecular flexibility index (Phi) is 4.37. The molecule has 6 heteroatoms. The van der Waals surface area contributed by atoms with Crippen LogP contribution in [0.25, 0.3) is 0 Å². The minimum atomic E-state index is -0.544. The van der Waals surface area contributed by atoms with Crippen LogP contribution in [0, 0.1) is 34.6 Å². The first kappa shape index (κ1) is 17.2. The van der Waals surface area contributed by atoms with E-state index in [9.17, 15) is 9.59 Å². The number of anilines is 1. The van der Waals surface area contributed by atoms with Gasteiger partial charge in [-0.2, -0.15) is 0 Å². The van der Waals surface area contributed by atoms with Gasteiger partial charge in [0.15, 0.2) is 5.89 Å². The van der Waals surface area contributed by atoms with Crippen molar-refractivity contribution >= 4 is 17.5 Å². The van der Waals surface area contributed by atoms with E-state index in [0.29, 0.717) is 24.6 Å². The molecule has 1 aromatic carbocycles. The number of nitrogens with zero attached hydrogens (tertiary/aromatic N) is 2. The monoisotopic (exact) mass is 341 g/mol. The van der Waals surface area contributed by atoms with Crippen molar-refractivity contribution in [2.75, 3.05) is 11.4 Å². The fourth-order valence-electron chi connectivity index (χ4n) is 3.60. The highest BCUT2D eigenvalue weighted by molar-refractivity contribution is 6.04. The fourth-order valence-corrected chi connectivity index (χ4v) is 3.60. The number of nitrogens with one attached hydrogen (secondary N) is 1. The Morgan fingerprint density at radius 3 is 2.40 bits per heavy atom. The van der Waals surface area contributed by atoms with E-state index >= 15 is 0 Å². The second kappa shape index (κ2) is 6.35. The number of benzene rings is 1. The smallest absolute Gasteiger partial charge is 0.289 e. The quantitative estimate of drug-likeness (QED) is 0.931. The van der Waals surface area contributed by atoms with Crippen molar-refractivity contribution in [2.45, 2.75) is 47.1 Å². The lowest BCUT2D eigenvalue weighted by Gasteiger charge is -2.22. The molecule has 0 unspecified atom stereocenters. The molecule has 2 amide bonds. The minimum Gasteiger partial charge on any atom is -0.436 e. The highest BCUT2D eigenvalue weighted by atomic mass is 16.4. The van der Waals surface area contributed by atoms with E-state index in [1.54, 1.807) is 18.7 Å². The van der Waals surface area contributed by atoms with Gasteiger partial charge in [-0.1, -0.05) is 17.7 Å². The summed E-state index contributed by atoms with van der Waals surface area (Å²) < 4.78 is 5.34. The first-order valence-electron chi connectivity index (χ1n) is 8.42. The van der Waals surface area contributed by atoms with Crippen molar-refractivity contribution in [3.63, 3.8) is 0 Å². The van der Waals surface area contributed by atoms with Gasteiger partial charge in [0.05, 0.1) is 5.69 Å². The van der Waals surface area contributed by atoms with Crippen LogP contribution in [-0.4, -0.2) is 29.4 Å². The number of hydrogen-bond donors (Lipinski definition) is 1. The Morgan fingerprint density at radius 1 is 1.20 bits per heavy atom. The molecule has 2 aromatic rings. The van der Waals surface area contributed by atoms with Gasteiger partial charge < -0.3 is 14.6 Å². The maximum atomic E-state index is 12.8. The summed E-state index contributed by atoms with van der Waals surface area (Å²) >= 11 is 0. The molecule has 1 aromatic heterocycles. The zero-order valence-electron chi connectivity index (χ0n) is 15.3. The number of carbonyl (C=O) groups is 2. The largest absolute Gasteiger partial charge is 0.436 e. The van der Waals surface area contributed by atoms with Gasteiger partial charge in [-0.25, -0.2) is 4.98 Å². The predicted molar refractivity (Wildman–Crippen MR) is 94.9 cm³/mol. The van der Waals surface area contributed by atoms with Gasteiger partial charge >= 0.3 is 0 Å². The third-order valence-corrected chi connectivity index (χ3v) is 4.53. The molecule has 1 aliphatic heterocycles. The lowest BCUT2D eigenvalue weighted by Crippen LogP contribution is -2.42. The zero-order chi connectivity index (χ0) is 18.3. The van der Waals surface area contributed by atoms with Crippen LogP contribution in [-0.2, 0) is 4.79 Å². The molecule has 1 N–H and O–H groups in total. The molecule has 2 heterocycles. The molecule has 1 saturated heterocycles. The normalized spacial score (nSPS) is 17.2. The second-order valence-electron chi connectivity index (χ2n) is 6.70. The lowest BCUT2D eigenvalue weighted by atomic mass is 10.0. The van der Waals surface area contributed by atoms with Crippen LogP contribution >= 0.6 is 0 Å². The lowest BCUT2D eigenvalue weighted by molar-refractivity contribution is -0.118. The zero-order valence-corrected chi connectivity index (χ0v) is 15.3. The average Bonchev–Trinajstić information content (AvgIpc) is 3.02. The second-order valence-corrected chi connectivity index (χ2v) is 6.70. The van der Waals surface area contributed by atoms with Gasteiger partial charge in [-0.15, -0.1) is 0 Å². The highest BCUT2D eigenvalue weighted by Gasteiger charge is 2.35. The molecule has 0 aliphatic carbocycles. The topological polar surface area (TPSA) is 75.4 Å². The molecule has 25 heavy (non-hydrogen) atoms. The summed E-state index contributed by atoms with van der Waals surface area (Å²) in [6.45, 7) is 10.1. The molecule has 6 nitrogen and oxygen atoms in total. The van der Waals surface area contributed by atoms with E-state index in [-0.39, 0.29) is 11.7 Å². The molecule has 0 radical (unpaired) electrons. The summed E-state index contributed by atoms with van der Waals surface area (Å²) in [5, 5.41) is 2.79. The van der Waals surface area contributed by atoms with Crippen LogP contribution < -0.4 is 10.2 Å². The minimum absolute atomic E-state index is 0.0858. The Hall–Kier alpha value is -2.63. The maximum absolute atomic E-state index is 12.8. The van der Waals surface area contributed by atoms with E-state index in [4.69, 9.17) is 4.42 Å². The van der Waals surface area contributed by atoms with E-state index in [1.165, 1.54) is 5.56 Å². The maximum Gasteiger partial charge on any atom is 0.289 e. The molecule has 3 rings (SSSR count). The van der Waals surface area contributed by atoms with Gasteiger partial charge in [0.2, 0.25) is 11.7 Å². The SMILES string of the molecule is Cc1cc(C)c(N2CC[C@@H](NC(=O)c3oc(C)nc3C)C2=O)c(C)c1. The summed E-state index contributed by atoms with van der Waals surface area (Å²) in [6, 6.07) is 3.60. The Morgan fingerprint density at radius 2 is 1.84 bits per heavy atom. The summed E-state index contributed by atoms with van der Waals surface area (Å²) in [5.41, 5.74) is 4.78. The van der Waals surface area contributed by atoms with Crippen molar-refractivity contribution in [1.29, 1.82) is 0 Å². The van der Waals surface area contributed by atoms with Crippen LogP contribution in [0.1, 0.15) is 45.3 Å². The third-order valence-electron chi connectivity index (χ3n) is 4.53. The number of rotatable bonds is 3. The number of oxazole rings is 1. The number of aromatic nitrogens is 1. The van der Waals surface area contributed by atoms with Crippen LogP contribution in [0.3, 0.4) is 0 Å². The van der Waals surface area contributed by atoms with Gasteiger partial charge in [0, 0.05) is 19.2 Å². The Labute approximate surface area is 147 Å². The molecule has 0 spiro atoms. The number of carbonyl (C=O) groups excluding carboxylic acids is 2.